The summed E-state index contributed by atoms with van der Waals surface area (Å²) in [7, 11) is 0. The standard InChI is InChI=1S/C17H17N3O3/c1-3-8-19(21)15-9-11(2)16-13(17(15)20(22)23)10-12-6-4-5-7-14(12)18-16/h4-7,9-10,21H,3,8H2,1-2H3. The van der Waals surface area contributed by atoms with Crippen LogP contribution in [0.5, 0.6) is 0 Å². The normalized spacial score (nSPS) is 11.1. The van der Waals surface area contributed by atoms with Crippen LogP contribution in [0.25, 0.3) is 21.8 Å². The SMILES string of the molecule is CCCN(O)c1cc(C)c2nc3ccccc3cc2c1[N+](=O)[O-]. The maximum absolute atomic E-state index is 11.6. The van der Waals surface area contributed by atoms with Crippen molar-refractivity contribution in [2.45, 2.75) is 20.3 Å². The van der Waals surface area contributed by atoms with Crippen LogP contribution < -0.4 is 5.06 Å². The predicted octanol–water partition coefficient (Wildman–Crippen LogP) is 4.21. The molecule has 0 atom stereocenters. The molecule has 0 radical (unpaired) electrons. The van der Waals surface area contributed by atoms with Gasteiger partial charge in [0.25, 0.3) is 0 Å². The van der Waals surface area contributed by atoms with E-state index in [9.17, 15) is 15.3 Å². The van der Waals surface area contributed by atoms with Crippen molar-refractivity contribution in [3.8, 4) is 0 Å². The highest BCUT2D eigenvalue weighted by atomic mass is 16.6. The number of rotatable bonds is 4. The number of hydrogen-bond acceptors (Lipinski definition) is 5. The molecule has 0 aliphatic rings. The smallest absolute Gasteiger partial charge is 0.288 e. The van der Waals surface area contributed by atoms with E-state index in [1.165, 1.54) is 0 Å². The van der Waals surface area contributed by atoms with E-state index >= 15 is 0 Å². The first-order valence-electron chi connectivity index (χ1n) is 7.46. The second-order valence-electron chi connectivity index (χ2n) is 5.52. The molecule has 0 aliphatic heterocycles. The first kappa shape index (κ1) is 15.2. The van der Waals surface area contributed by atoms with Crippen molar-refractivity contribution in [2.75, 3.05) is 11.6 Å². The fourth-order valence-corrected chi connectivity index (χ4v) is 2.80. The van der Waals surface area contributed by atoms with E-state index in [0.717, 1.165) is 21.5 Å². The fourth-order valence-electron chi connectivity index (χ4n) is 2.80. The fraction of sp³-hybridized carbons (Fsp3) is 0.235. The van der Waals surface area contributed by atoms with Crippen molar-refractivity contribution < 1.29 is 10.1 Å². The summed E-state index contributed by atoms with van der Waals surface area (Å²) in [5, 5.41) is 24.0. The Morgan fingerprint density at radius 3 is 2.74 bits per heavy atom. The topological polar surface area (TPSA) is 79.5 Å². The van der Waals surface area contributed by atoms with Crippen LogP contribution in [0, 0.1) is 17.0 Å². The zero-order valence-corrected chi connectivity index (χ0v) is 13.0. The number of nitro groups is 1. The average molecular weight is 311 g/mol. The lowest BCUT2D eigenvalue weighted by molar-refractivity contribution is -0.382. The molecule has 118 valence electrons. The van der Waals surface area contributed by atoms with Gasteiger partial charge in [0.15, 0.2) is 0 Å². The highest BCUT2D eigenvalue weighted by molar-refractivity contribution is 6.02. The first-order valence-corrected chi connectivity index (χ1v) is 7.46. The van der Waals surface area contributed by atoms with Crippen LogP contribution in [-0.4, -0.2) is 21.7 Å². The highest BCUT2D eigenvalue weighted by Gasteiger charge is 2.24. The molecular formula is C17H17N3O3. The van der Waals surface area contributed by atoms with Crippen molar-refractivity contribution in [1.82, 2.24) is 4.98 Å². The van der Waals surface area contributed by atoms with E-state index in [4.69, 9.17) is 0 Å². The largest absolute Gasteiger partial charge is 0.304 e. The minimum absolute atomic E-state index is 0.111. The van der Waals surface area contributed by atoms with E-state index in [-0.39, 0.29) is 11.4 Å². The minimum Gasteiger partial charge on any atom is -0.288 e. The van der Waals surface area contributed by atoms with Gasteiger partial charge < -0.3 is 0 Å². The van der Waals surface area contributed by atoms with Gasteiger partial charge >= 0.3 is 5.69 Å². The van der Waals surface area contributed by atoms with E-state index in [2.05, 4.69) is 4.98 Å². The molecule has 0 aliphatic carbocycles. The van der Waals surface area contributed by atoms with Gasteiger partial charge in [-0.05, 0) is 37.1 Å². The molecule has 6 nitrogen and oxygen atoms in total. The van der Waals surface area contributed by atoms with Gasteiger partial charge in [-0.15, -0.1) is 0 Å². The van der Waals surface area contributed by atoms with Crippen LogP contribution in [0.2, 0.25) is 0 Å². The molecule has 2 aromatic carbocycles. The van der Waals surface area contributed by atoms with Crippen LogP contribution in [-0.2, 0) is 0 Å². The quantitative estimate of drug-likeness (QED) is 0.443. The molecule has 0 bridgehead atoms. The lowest BCUT2D eigenvalue weighted by atomic mass is 10.0. The number of aromatic nitrogens is 1. The third-order valence-electron chi connectivity index (χ3n) is 3.84. The number of nitro benzene ring substituents is 1. The monoisotopic (exact) mass is 311 g/mol. The molecular weight excluding hydrogens is 294 g/mol. The number of aryl methyl sites for hydroxylation is 1. The van der Waals surface area contributed by atoms with Gasteiger partial charge in [0.1, 0.15) is 5.69 Å². The molecule has 0 amide bonds. The Bertz CT molecular complexity index is 908. The van der Waals surface area contributed by atoms with Crippen LogP contribution in [0.15, 0.2) is 36.4 Å². The van der Waals surface area contributed by atoms with Gasteiger partial charge in [0, 0.05) is 11.9 Å². The van der Waals surface area contributed by atoms with Gasteiger partial charge in [-0.25, -0.2) is 4.98 Å². The van der Waals surface area contributed by atoms with Gasteiger partial charge in [0.2, 0.25) is 0 Å². The summed E-state index contributed by atoms with van der Waals surface area (Å²) >= 11 is 0. The number of hydrogen-bond donors (Lipinski definition) is 1. The van der Waals surface area contributed by atoms with Gasteiger partial charge in [-0.2, -0.15) is 0 Å². The van der Waals surface area contributed by atoms with Crippen LogP contribution in [0.3, 0.4) is 0 Å². The Hall–Kier alpha value is -2.73. The van der Waals surface area contributed by atoms with E-state index < -0.39 is 4.92 Å². The van der Waals surface area contributed by atoms with Crippen molar-refractivity contribution in [2.24, 2.45) is 0 Å². The molecule has 1 N–H and O–H groups in total. The number of benzene rings is 2. The Morgan fingerprint density at radius 2 is 2.04 bits per heavy atom. The number of para-hydroxylation sites is 1. The summed E-state index contributed by atoms with van der Waals surface area (Å²) in [6.45, 7) is 4.07. The Labute approximate surface area is 133 Å². The second kappa shape index (κ2) is 5.81. The minimum atomic E-state index is -0.452. The number of anilines is 1. The number of fused-ring (bicyclic) bond motifs is 2. The summed E-state index contributed by atoms with van der Waals surface area (Å²) in [6.07, 6.45) is 0.681. The molecule has 1 aromatic heterocycles. The summed E-state index contributed by atoms with van der Waals surface area (Å²) in [4.78, 5) is 15.7. The molecule has 0 fully saturated rings. The van der Waals surface area contributed by atoms with Gasteiger partial charge in [-0.3, -0.25) is 20.4 Å². The molecule has 0 saturated heterocycles. The van der Waals surface area contributed by atoms with Gasteiger partial charge in [-0.1, -0.05) is 25.1 Å². The second-order valence-corrected chi connectivity index (χ2v) is 5.52. The maximum atomic E-state index is 11.6. The summed E-state index contributed by atoms with van der Waals surface area (Å²) in [5.74, 6) is 0. The Kier molecular flexibility index (Phi) is 3.83. The zero-order valence-electron chi connectivity index (χ0n) is 13.0. The number of hydroxylamine groups is 1. The van der Waals surface area contributed by atoms with Crippen LogP contribution in [0.4, 0.5) is 11.4 Å². The van der Waals surface area contributed by atoms with Crippen LogP contribution in [0.1, 0.15) is 18.9 Å². The molecule has 6 heteroatoms. The molecule has 3 aromatic rings. The molecule has 23 heavy (non-hydrogen) atoms. The third-order valence-corrected chi connectivity index (χ3v) is 3.84. The summed E-state index contributed by atoms with van der Waals surface area (Å²) < 4.78 is 0. The summed E-state index contributed by atoms with van der Waals surface area (Å²) in [6, 6.07) is 10.9. The zero-order chi connectivity index (χ0) is 16.6. The molecule has 1 heterocycles. The lowest BCUT2D eigenvalue weighted by Crippen LogP contribution is -2.20. The molecule has 3 rings (SSSR count). The van der Waals surface area contributed by atoms with Crippen LogP contribution >= 0.6 is 0 Å². The van der Waals surface area contributed by atoms with Crippen molar-refractivity contribution in [3.63, 3.8) is 0 Å². The van der Waals surface area contributed by atoms with E-state index in [1.807, 2.05) is 38.1 Å². The third kappa shape index (κ3) is 2.57. The number of nitrogens with zero attached hydrogens (tertiary/aromatic N) is 3. The van der Waals surface area contributed by atoms with E-state index in [1.54, 1.807) is 12.1 Å². The Morgan fingerprint density at radius 1 is 1.30 bits per heavy atom. The number of pyridine rings is 1. The first-order chi connectivity index (χ1) is 11.0. The maximum Gasteiger partial charge on any atom is 0.304 e. The molecule has 0 unspecified atom stereocenters. The van der Waals surface area contributed by atoms with E-state index in [0.29, 0.717) is 23.9 Å². The van der Waals surface area contributed by atoms with Crippen molar-refractivity contribution in [3.05, 3.63) is 52.1 Å². The highest BCUT2D eigenvalue weighted by Crippen LogP contribution is 2.38. The predicted molar refractivity (Wildman–Crippen MR) is 90.1 cm³/mol. The summed E-state index contributed by atoms with van der Waals surface area (Å²) in [5.41, 5.74) is 2.27. The molecule has 0 spiro atoms. The van der Waals surface area contributed by atoms with Crippen molar-refractivity contribution in [1.29, 1.82) is 0 Å². The van der Waals surface area contributed by atoms with Crippen molar-refractivity contribution >= 4 is 33.2 Å². The lowest BCUT2D eigenvalue weighted by Gasteiger charge is -2.18. The average Bonchev–Trinajstić information content (AvgIpc) is 2.53. The van der Waals surface area contributed by atoms with Gasteiger partial charge in [0.05, 0.1) is 21.3 Å². The Balaban J connectivity index is 2.40. The molecule has 0 saturated carbocycles.